The monoisotopic (exact) mass is 273 g/mol. The topological polar surface area (TPSA) is 81.7 Å². The lowest BCUT2D eigenvalue weighted by Crippen LogP contribution is -2.42. The fourth-order valence-electron chi connectivity index (χ4n) is 1.72. The van der Waals surface area contributed by atoms with Crippen molar-refractivity contribution in [3.8, 4) is 0 Å². The van der Waals surface area contributed by atoms with Crippen molar-refractivity contribution >= 4 is 17.8 Å². The van der Waals surface area contributed by atoms with E-state index in [1.54, 1.807) is 20.8 Å². The van der Waals surface area contributed by atoms with Crippen molar-refractivity contribution in [2.24, 2.45) is 5.92 Å². The van der Waals surface area contributed by atoms with Gasteiger partial charge in [-0.3, -0.25) is 14.4 Å². The average molecular weight is 273 g/mol. The molecule has 0 aromatic rings. The first-order valence-corrected chi connectivity index (χ1v) is 6.57. The summed E-state index contributed by atoms with van der Waals surface area (Å²) in [6, 6.07) is -0.383. The van der Waals surface area contributed by atoms with Gasteiger partial charge in [-0.1, -0.05) is 6.92 Å². The summed E-state index contributed by atoms with van der Waals surface area (Å²) in [5.74, 6) is -1.77. The molecule has 2 atom stereocenters. The summed E-state index contributed by atoms with van der Waals surface area (Å²) in [5, 5.41) is 2.62. The molecule has 0 fully saturated rings. The van der Waals surface area contributed by atoms with E-state index in [0.717, 1.165) is 0 Å². The van der Waals surface area contributed by atoms with Gasteiger partial charge in [0.25, 0.3) is 0 Å². The highest BCUT2D eigenvalue weighted by atomic mass is 16.5. The van der Waals surface area contributed by atoms with E-state index >= 15 is 0 Å². The van der Waals surface area contributed by atoms with E-state index in [-0.39, 0.29) is 25.0 Å². The van der Waals surface area contributed by atoms with E-state index in [2.05, 4.69) is 10.1 Å². The van der Waals surface area contributed by atoms with Gasteiger partial charge < -0.3 is 14.8 Å². The second kappa shape index (κ2) is 9.35. The number of esters is 2. The molecular weight excluding hydrogens is 250 g/mol. The summed E-state index contributed by atoms with van der Waals surface area (Å²) >= 11 is 0. The Bertz CT molecular complexity index is 316. The van der Waals surface area contributed by atoms with E-state index in [1.807, 2.05) is 6.92 Å². The number of nitrogens with one attached hydrogen (secondary N) is 1. The molecule has 1 amide bonds. The van der Waals surface area contributed by atoms with Crippen molar-refractivity contribution in [2.45, 2.75) is 46.6 Å². The van der Waals surface area contributed by atoms with Gasteiger partial charge in [0.05, 0.1) is 19.1 Å². The zero-order valence-corrected chi connectivity index (χ0v) is 12.0. The SMILES string of the molecule is CCOC(=O)CC(=O)NC(C)C(CC)C(=O)OCC. The molecule has 0 aliphatic heterocycles. The van der Waals surface area contributed by atoms with Crippen LogP contribution in [-0.2, 0) is 23.9 Å². The Morgan fingerprint density at radius 3 is 2.11 bits per heavy atom. The second-order valence-electron chi connectivity index (χ2n) is 4.10. The van der Waals surface area contributed by atoms with Crippen LogP contribution in [0.5, 0.6) is 0 Å². The number of rotatable bonds is 8. The minimum Gasteiger partial charge on any atom is -0.466 e. The normalized spacial score (nSPS) is 13.3. The number of ether oxygens (including phenoxy) is 2. The van der Waals surface area contributed by atoms with Gasteiger partial charge in [-0.25, -0.2) is 0 Å². The van der Waals surface area contributed by atoms with Crippen LogP contribution < -0.4 is 5.32 Å². The molecule has 0 aromatic heterocycles. The van der Waals surface area contributed by atoms with E-state index in [4.69, 9.17) is 4.74 Å². The third-order valence-corrected chi connectivity index (χ3v) is 2.63. The largest absolute Gasteiger partial charge is 0.466 e. The fraction of sp³-hybridized carbons (Fsp3) is 0.769. The van der Waals surface area contributed by atoms with Crippen molar-refractivity contribution < 1.29 is 23.9 Å². The van der Waals surface area contributed by atoms with Crippen LogP contribution in [0.1, 0.15) is 40.5 Å². The smallest absolute Gasteiger partial charge is 0.315 e. The van der Waals surface area contributed by atoms with Crippen LogP contribution >= 0.6 is 0 Å². The minimum absolute atomic E-state index is 0.238. The molecule has 2 unspecified atom stereocenters. The van der Waals surface area contributed by atoms with E-state index in [1.165, 1.54) is 0 Å². The highest BCUT2D eigenvalue weighted by Gasteiger charge is 2.26. The lowest BCUT2D eigenvalue weighted by Gasteiger charge is -2.21. The molecule has 0 aliphatic rings. The highest BCUT2D eigenvalue weighted by molar-refractivity contribution is 5.94. The lowest BCUT2D eigenvalue weighted by molar-refractivity contribution is -0.149. The van der Waals surface area contributed by atoms with Gasteiger partial charge in [0.2, 0.25) is 5.91 Å². The zero-order chi connectivity index (χ0) is 14.8. The first-order valence-electron chi connectivity index (χ1n) is 6.57. The number of carbonyl (C=O) groups excluding carboxylic acids is 3. The Hall–Kier alpha value is -1.59. The Morgan fingerprint density at radius 1 is 1.05 bits per heavy atom. The molecule has 19 heavy (non-hydrogen) atoms. The van der Waals surface area contributed by atoms with Crippen LogP contribution in [-0.4, -0.2) is 37.1 Å². The molecule has 0 bridgehead atoms. The second-order valence-corrected chi connectivity index (χ2v) is 4.10. The Kier molecular flexibility index (Phi) is 8.57. The van der Waals surface area contributed by atoms with Crippen LogP contribution in [0, 0.1) is 5.92 Å². The number of hydrogen-bond acceptors (Lipinski definition) is 5. The van der Waals surface area contributed by atoms with Crippen LogP contribution in [0.3, 0.4) is 0 Å². The maximum absolute atomic E-state index is 11.7. The van der Waals surface area contributed by atoms with Crippen molar-refractivity contribution in [1.29, 1.82) is 0 Å². The van der Waals surface area contributed by atoms with Gasteiger partial charge in [-0.15, -0.1) is 0 Å². The molecular formula is C13H23NO5. The predicted molar refractivity (Wildman–Crippen MR) is 69.3 cm³/mol. The molecule has 0 aliphatic carbocycles. The summed E-state index contributed by atoms with van der Waals surface area (Å²) in [4.78, 5) is 34.4. The van der Waals surface area contributed by atoms with Crippen molar-refractivity contribution in [3.05, 3.63) is 0 Å². The van der Waals surface area contributed by atoms with E-state index in [9.17, 15) is 14.4 Å². The molecule has 6 heteroatoms. The van der Waals surface area contributed by atoms with Crippen molar-refractivity contribution in [3.63, 3.8) is 0 Å². The van der Waals surface area contributed by atoms with Gasteiger partial charge >= 0.3 is 11.9 Å². The number of hydrogen-bond donors (Lipinski definition) is 1. The Morgan fingerprint density at radius 2 is 1.63 bits per heavy atom. The maximum Gasteiger partial charge on any atom is 0.315 e. The third-order valence-electron chi connectivity index (χ3n) is 2.63. The maximum atomic E-state index is 11.7. The summed E-state index contributed by atoms with van der Waals surface area (Å²) < 4.78 is 9.61. The van der Waals surface area contributed by atoms with Gasteiger partial charge in [0.15, 0.2) is 0 Å². The zero-order valence-electron chi connectivity index (χ0n) is 12.0. The quantitative estimate of drug-likeness (QED) is 0.527. The molecule has 0 heterocycles. The van der Waals surface area contributed by atoms with E-state index < -0.39 is 17.8 Å². The number of amides is 1. The third kappa shape index (κ3) is 6.79. The Balaban J connectivity index is 4.32. The van der Waals surface area contributed by atoms with Gasteiger partial charge in [-0.2, -0.15) is 0 Å². The molecule has 0 aromatic carbocycles. The van der Waals surface area contributed by atoms with Crippen molar-refractivity contribution in [2.75, 3.05) is 13.2 Å². The van der Waals surface area contributed by atoms with E-state index in [0.29, 0.717) is 13.0 Å². The summed E-state index contributed by atoms with van der Waals surface area (Å²) in [6.07, 6.45) is 0.219. The minimum atomic E-state index is -0.573. The fourth-order valence-corrected chi connectivity index (χ4v) is 1.72. The molecule has 0 saturated carbocycles. The summed E-state index contributed by atoms with van der Waals surface area (Å²) in [5.41, 5.74) is 0. The molecule has 0 spiro atoms. The standard InChI is InChI=1S/C13H23NO5/c1-5-10(13(17)19-7-3)9(4)14-11(15)8-12(16)18-6-2/h9-10H,5-8H2,1-4H3,(H,14,15). The van der Waals surface area contributed by atoms with Gasteiger partial charge in [-0.05, 0) is 27.2 Å². The molecule has 6 nitrogen and oxygen atoms in total. The average Bonchev–Trinajstić information content (AvgIpc) is 2.29. The first kappa shape index (κ1) is 17.4. The summed E-state index contributed by atoms with van der Waals surface area (Å²) in [6.45, 7) is 7.51. The molecule has 110 valence electrons. The van der Waals surface area contributed by atoms with Gasteiger partial charge in [0.1, 0.15) is 6.42 Å². The summed E-state index contributed by atoms with van der Waals surface area (Å²) in [7, 11) is 0. The van der Waals surface area contributed by atoms with Crippen molar-refractivity contribution in [1.82, 2.24) is 5.32 Å². The molecule has 0 rings (SSSR count). The lowest BCUT2D eigenvalue weighted by atomic mass is 9.98. The van der Waals surface area contributed by atoms with Gasteiger partial charge in [0, 0.05) is 6.04 Å². The van der Waals surface area contributed by atoms with Crippen LogP contribution in [0.2, 0.25) is 0 Å². The predicted octanol–water partition coefficient (Wildman–Crippen LogP) is 1.03. The van der Waals surface area contributed by atoms with Crippen LogP contribution in [0.4, 0.5) is 0 Å². The molecule has 0 radical (unpaired) electrons. The first-order chi connectivity index (χ1) is 8.96. The van der Waals surface area contributed by atoms with Crippen LogP contribution in [0.25, 0.3) is 0 Å². The number of carbonyl (C=O) groups is 3. The van der Waals surface area contributed by atoms with Crippen LogP contribution in [0.15, 0.2) is 0 Å². The highest BCUT2D eigenvalue weighted by Crippen LogP contribution is 2.11. The molecule has 1 N–H and O–H groups in total. The molecule has 0 saturated heterocycles. The Labute approximate surface area is 113 Å².